The van der Waals surface area contributed by atoms with Gasteiger partial charge in [0.25, 0.3) is 0 Å². The fourth-order valence-corrected chi connectivity index (χ4v) is 1.21. The second-order valence-electron chi connectivity index (χ2n) is 3.12. The molecule has 0 nitrogen and oxygen atoms in total. The van der Waals surface area contributed by atoms with Crippen molar-refractivity contribution in [3.63, 3.8) is 0 Å². The topological polar surface area (TPSA) is 0 Å². The van der Waals surface area contributed by atoms with E-state index < -0.39 is 0 Å². The van der Waals surface area contributed by atoms with E-state index in [4.69, 9.17) is 0 Å². The van der Waals surface area contributed by atoms with Crippen LogP contribution in [-0.4, -0.2) is 6.38 Å². The molecule has 0 aliphatic heterocycles. The molecule has 0 fully saturated rings. The average Bonchev–Trinajstić information content (AvgIpc) is 2.15. The van der Waals surface area contributed by atoms with Crippen LogP contribution in [0.5, 0.6) is 0 Å². The number of unbranched alkanes of at least 4 members (excludes halogenated alkanes) is 7. The van der Waals surface area contributed by atoms with E-state index in [-0.39, 0.29) is 0 Å². The van der Waals surface area contributed by atoms with Crippen LogP contribution in [0.15, 0.2) is 0 Å². The summed E-state index contributed by atoms with van der Waals surface area (Å²) < 4.78 is 0. The van der Waals surface area contributed by atoms with Crippen LogP contribution in [0.4, 0.5) is 0 Å². The molecule has 12 heavy (non-hydrogen) atoms. The van der Waals surface area contributed by atoms with Gasteiger partial charge < -0.3 is 0 Å². The third-order valence-electron chi connectivity index (χ3n) is 1.96. The van der Waals surface area contributed by atoms with Gasteiger partial charge in [0.1, 0.15) is 0 Å². The monoisotopic (exact) mass is 192 g/mol. The lowest BCUT2D eigenvalue weighted by atomic mass is 10.1. The standard InChI is InChI=1S/C10H22.CH3Cl/c1-3-5-7-9-10-8-6-4-2;1-2/h3-10H2,1-2H3;1H3. The summed E-state index contributed by atoms with van der Waals surface area (Å²) in [7, 11) is 0. The minimum absolute atomic E-state index is 1.37. The van der Waals surface area contributed by atoms with E-state index in [9.17, 15) is 0 Å². The molecule has 0 rings (SSSR count). The van der Waals surface area contributed by atoms with E-state index >= 15 is 0 Å². The molecule has 0 heterocycles. The first-order valence-corrected chi connectivity index (χ1v) is 6.05. The lowest BCUT2D eigenvalue weighted by molar-refractivity contribution is 0.585. The zero-order valence-corrected chi connectivity index (χ0v) is 9.79. The van der Waals surface area contributed by atoms with Gasteiger partial charge in [-0.1, -0.05) is 65.2 Å². The molecule has 0 aromatic heterocycles. The molecular formula is C11H25Cl. The summed E-state index contributed by atoms with van der Waals surface area (Å²) in [6.07, 6.45) is 12.9. The quantitative estimate of drug-likeness (QED) is 0.393. The number of rotatable bonds is 7. The van der Waals surface area contributed by atoms with Crippen LogP contribution < -0.4 is 0 Å². The number of hydrogen-bond donors (Lipinski definition) is 0. The molecule has 0 aromatic carbocycles. The van der Waals surface area contributed by atoms with Gasteiger partial charge in [-0.25, -0.2) is 0 Å². The molecule has 0 aromatic rings. The molecule has 0 radical (unpaired) electrons. The Balaban J connectivity index is 0. The van der Waals surface area contributed by atoms with Gasteiger partial charge in [0.15, 0.2) is 0 Å². The zero-order valence-electron chi connectivity index (χ0n) is 9.03. The molecule has 0 spiro atoms. The van der Waals surface area contributed by atoms with Gasteiger partial charge in [-0.2, -0.15) is 0 Å². The summed E-state index contributed by atoms with van der Waals surface area (Å²) in [4.78, 5) is 0. The van der Waals surface area contributed by atoms with Gasteiger partial charge in [0, 0.05) is 6.38 Å². The number of alkyl halides is 1. The number of halogens is 1. The van der Waals surface area contributed by atoms with Crippen molar-refractivity contribution in [1.82, 2.24) is 0 Å². The third kappa shape index (κ3) is 16.7. The minimum Gasteiger partial charge on any atom is -0.130 e. The van der Waals surface area contributed by atoms with E-state index in [0.717, 1.165) is 0 Å². The SMILES string of the molecule is CCCCCCCCCC.CCl. The maximum Gasteiger partial charge on any atom is 0.0108 e. The molecule has 0 atom stereocenters. The van der Waals surface area contributed by atoms with Gasteiger partial charge in [-0.05, 0) is 0 Å². The second-order valence-corrected chi connectivity index (χ2v) is 3.12. The average molecular weight is 193 g/mol. The predicted octanol–water partition coefficient (Wildman–Crippen LogP) is 5.00. The highest BCUT2D eigenvalue weighted by atomic mass is 35.5. The Morgan fingerprint density at radius 1 is 0.583 bits per heavy atom. The van der Waals surface area contributed by atoms with Crippen LogP contribution in [-0.2, 0) is 0 Å². The summed E-state index contributed by atoms with van der Waals surface area (Å²) >= 11 is 4.64. The first kappa shape index (κ1) is 14.8. The Kier molecular flexibility index (Phi) is 21.4. The molecule has 0 saturated heterocycles. The maximum absolute atomic E-state index is 4.64. The van der Waals surface area contributed by atoms with Crippen LogP contribution in [0.1, 0.15) is 65.2 Å². The molecule has 0 aliphatic carbocycles. The van der Waals surface area contributed by atoms with Crippen molar-refractivity contribution in [2.24, 2.45) is 0 Å². The van der Waals surface area contributed by atoms with Gasteiger partial charge in [-0.3, -0.25) is 0 Å². The summed E-state index contributed by atoms with van der Waals surface area (Å²) in [6, 6.07) is 0. The maximum atomic E-state index is 4.64. The summed E-state index contributed by atoms with van der Waals surface area (Å²) in [6.45, 7) is 4.54. The van der Waals surface area contributed by atoms with Crippen LogP contribution in [0.2, 0.25) is 0 Å². The Hall–Kier alpha value is 0.290. The Labute approximate surface area is 83.7 Å². The van der Waals surface area contributed by atoms with E-state index in [2.05, 4.69) is 25.4 Å². The fourth-order valence-electron chi connectivity index (χ4n) is 1.21. The molecule has 1 heteroatoms. The van der Waals surface area contributed by atoms with Crippen molar-refractivity contribution >= 4 is 11.6 Å². The van der Waals surface area contributed by atoms with Crippen molar-refractivity contribution < 1.29 is 0 Å². The highest BCUT2D eigenvalue weighted by Gasteiger charge is 1.87. The molecule has 76 valence electrons. The van der Waals surface area contributed by atoms with Crippen molar-refractivity contribution in [1.29, 1.82) is 0 Å². The van der Waals surface area contributed by atoms with E-state index in [1.54, 1.807) is 0 Å². The van der Waals surface area contributed by atoms with Crippen molar-refractivity contribution in [3.8, 4) is 0 Å². The van der Waals surface area contributed by atoms with Crippen LogP contribution in [0.25, 0.3) is 0 Å². The molecule has 0 amide bonds. The highest BCUT2D eigenvalue weighted by molar-refractivity contribution is 6.15. The van der Waals surface area contributed by atoms with Gasteiger partial charge in [0.2, 0.25) is 0 Å². The first-order valence-electron chi connectivity index (χ1n) is 5.29. The van der Waals surface area contributed by atoms with Crippen molar-refractivity contribution in [3.05, 3.63) is 0 Å². The largest absolute Gasteiger partial charge is 0.130 e. The zero-order chi connectivity index (χ0) is 9.66. The lowest BCUT2D eigenvalue weighted by Crippen LogP contribution is -1.77. The lowest BCUT2D eigenvalue weighted by Gasteiger charge is -1.97. The van der Waals surface area contributed by atoms with Crippen LogP contribution in [0, 0.1) is 0 Å². The Morgan fingerprint density at radius 3 is 1.08 bits per heavy atom. The minimum atomic E-state index is 1.37. The Morgan fingerprint density at radius 2 is 0.833 bits per heavy atom. The van der Waals surface area contributed by atoms with Crippen molar-refractivity contribution in [2.45, 2.75) is 65.2 Å². The second kappa shape index (κ2) is 17.4. The first-order chi connectivity index (χ1) is 5.91. The van der Waals surface area contributed by atoms with Gasteiger partial charge >= 0.3 is 0 Å². The fraction of sp³-hybridized carbons (Fsp3) is 1.00. The normalized spacial score (nSPS) is 9.00. The predicted molar refractivity (Wildman–Crippen MR) is 60.1 cm³/mol. The number of hydrogen-bond acceptors (Lipinski definition) is 0. The molecule has 0 unspecified atom stereocenters. The summed E-state index contributed by atoms with van der Waals surface area (Å²) in [5.41, 5.74) is 0. The Bertz CT molecular complexity index is 45.0. The van der Waals surface area contributed by atoms with Gasteiger partial charge in [-0.15, -0.1) is 11.6 Å². The van der Waals surface area contributed by atoms with E-state index in [0.29, 0.717) is 0 Å². The molecule has 0 bridgehead atoms. The highest BCUT2D eigenvalue weighted by Crippen LogP contribution is 2.07. The van der Waals surface area contributed by atoms with E-state index in [1.165, 1.54) is 57.7 Å². The molecular weight excluding hydrogens is 168 g/mol. The van der Waals surface area contributed by atoms with E-state index in [1.807, 2.05) is 0 Å². The summed E-state index contributed by atoms with van der Waals surface area (Å²) in [5.74, 6) is 0. The van der Waals surface area contributed by atoms with Crippen LogP contribution >= 0.6 is 11.6 Å². The third-order valence-corrected chi connectivity index (χ3v) is 1.96. The van der Waals surface area contributed by atoms with Gasteiger partial charge in [0.05, 0.1) is 0 Å². The summed E-state index contributed by atoms with van der Waals surface area (Å²) in [5, 5.41) is 0. The van der Waals surface area contributed by atoms with Crippen molar-refractivity contribution in [2.75, 3.05) is 6.38 Å². The molecule has 0 N–H and O–H groups in total. The molecule has 0 aliphatic rings. The van der Waals surface area contributed by atoms with Crippen LogP contribution in [0.3, 0.4) is 0 Å². The smallest absolute Gasteiger partial charge is 0.0108 e. The molecule has 0 saturated carbocycles.